The number of rotatable bonds is 5. The van der Waals surface area contributed by atoms with Crippen LogP contribution in [0.25, 0.3) is 0 Å². The molecule has 2 atom stereocenters. The Morgan fingerprint density at radius 1 is 1.16 bits per heavy atom. The van der Waals surface area contributed by atoms with Gasteiger partial charge in [-0.25, -0.2) is 0 Å². The zero-order chi connectivity index (χ0) is 16.9. The summed E-state index contributed by atoms with van der Waals surface area (Å²) in [6.07, 6.45) is 3.21. The molecule has 2 N–H and O–H groups in total. The fourth-order valence-corrected chi connectivity index (χ4v) is 3.84. The summed E-state index contributed by atoms with van der Waals surface area (Å²) >= 11 is 0. The number of carbonyl (C=O) groups excluding carboxylic acids is 1. The maximum atomic E-state index is 13.0. The lowest BCUT2D eigenvalue weighted by Gasteiger charge is -2.32. The lowest BCUT2D eigenvalue weighted by atomic mass is 9.87. The van der Waals surface area contributed by atoms with E-state index < -0.39 is 0 Å². The van der Waals surface area contributed by atoms with Gasteiger partial charge in [-0.15, -0.1) is 12.4 Å². The fourth-order valence-electron chi connectivity index (χ4n) is 3.84. The summed E-state index contributed by atoms with van der Waals surface area (Å²) in [6, 6.07) is 18.6. The van der Waals surface area contributed by atoms with Gasteiger partial charge in [0, 0.05) is 30.6 Å². The van der Waals surface area contributed by atoms with Crippen molar-refractivity contribution >= 4 is 18.3 Å². The van der Waals surface area contributed by atoms with Crippen molar-refractivity contribution in [3.8, 4) is 0 Å². The average molecular weight is 359 g/mol. The van der Waals surface area contributed by atoms with Crippen LogP contribution in [0.15, 0.2) is 54.6 Å². The van der Waals surface area contributed by atoms with Gasteiger partial charge in [-0.1, -0.05) is 49.4 Å². The minimum absolute atomic E-state index is 0. The quantitative estimate of drug-likeness (QED) is 0.862. The van der Waals surface area contributed by atoms with Crippen molar-refractivity contribution in [1.29, 1.82) is 0 Å². The fraction of sp³-hybridized carbons (Fsp3) is 0.381. The summed E-state index contributed by atoms with van der Waals surface area (Å²) in [6.45, 7) is 3.58. The van der Waals surface area contributed by atoms with E-state index in [4.69, 9.17) is 5.73 Å². The minimum atomic E-state index is 0. The number of nitrogens with zero attached hydrogens (tertiary/aromatic N) is 1. The molecule has 0 saturated carbocycles. The Kier molecular flexibility index (Phi) is 7.03. The normalized spacial score (nSPS) is 17.8. The highest BCUT2D eigenvalue weighted by Crippen LogP contribution is 2.34. The maximum absolute atomic E-state index is 13.0. The van der Waals surface area contributed by atoms with Crippen molar-refractivity contribution in [3.63, 3.8) is 0 Å². The van der Waals surface area contributed by atoms with Gasteiger partial charge < -0.3 is 10.6 Å². The molecule has 134 valence electrons. The van der Waals surface area contributed by atoms with Gasteiger partial charge in [-0.2, -0.15) is 0 Å². The summed E-state index contributed by atoms with van der Waals surface area (Å²) < 4.78 is 0. The van der Waals surface area contributed by atoms with E-state index in [0.717, 1.165) is 36.9 Å². The minimum Gasteiger partial charge on any atom is -0.335 e. The molecule has 25 heavy (non-hydrogen) atoms. The van der Waals surface area contributed by atoms with Gasteiger partial charge in [0.25, 0.3) is 5.91 Å². The molecule has 0 radical (unpaired) electrons. The molecule has 1 fully saturated rings. The van der Waals surface area contributed by atoms with Crippen LogP contribution >= 0.6 is 12.4 Å². The summed E-state index contributed by atoms with van der Waals surface area (Å²) in [5, 5.41) is 0. The molecule has 2 aromatic carbocycles. The van der Waals surface area contributed by atoms with E-state index in [1.807, 2.05) is 30.3 Å². The number of likely N-dealkylation sites (tertiary alicyclic amines) is 1. The summed E-state index contributed by atoms with van der Waals surface area (Å²) in [7, 11) is 0. The Morgan fingerprint density at radius 3 is 2.44 bits per heavy atom. The van der Waals surface area contributed by atoms with E-state index in [0.29, 0.717) is 18.5 Å². The Balaban J connectivity index is 0.00000225. The first kappa shape index (κ1) is 19.5. The maximum Gasteiger partial charge on any atom is 0.254 e. The highest BCUT2D eigenvalue weighted by Gasteiger charge is 2.34. The Morgan fingerprint density at radius 2 is 1.84 bits per heavy atom. The topological polar surface area (TPSA) is 46.3 Å². The van der Waals surface area contributed by atoms with Crippen molar-refractivity contribution in [3.05, 3.63) is 71.3 Å². The third kappa shape index (κ3) is 4.23. The predicted octanol–water partition coefficient (Wildman–Crippen LogP) is 4.37. The lowest BCUT2D eigenvalue weighted by molar-refractivity contribution is 0.0714. The molecule has 4 heteroatoms. The molecule has 1 amide bonds. The van der Waals surface area contributed by atoms with Gasteiger partial charge in [0.15, 0.2) is 0 Å². The van der Waals surface area contributed by atoms with Crippen molar-refractivity contribution in [2.24, 2.45) is 5.73 Å². The zero-order valence-corrected chi connectivity index (χ0v) is 15.5. The van der Waals surface area contributed by atoms with E-state index in [-0.39, 0.29) is 18.3 Å². The van der Waals surface area contributed by atoms with Gasteiger partial charge in [0.2, 0.25) is 0 Å². The van der Waals surface area contributed by atoms with Crippen molar-refractivity contribution in [2.75, 3.05) is 6.54 Å². The monoisotopic (exact) mass is 358 g/mol. The molecule has 2 aromatic rings. The van der Waals surface area contributed by atoms with Crippen LogP contribution in [0.4, 0.5) is 0 Å². The Bertz CT molecular complexity index is 672. The number of halogens is 1. The van der Waals surface area contributed by atoms with Gasteiger partial charge in [-0.3, -0.25) is 4.79 Å². The third-order valence-electron chi connectivity index (χ3n) is 5.13. The number of benzene rings is 2. The molecule has 0 aromatic heterocycles. The second kappa shape index (κ2) is 9.02. The molecule has 3 nitrogen and oxygen atoms in total. The van der Waals surface area contributed by atoms with Crippen molar-refractivity contribution < 1.29 is 4.79 Å². The summed E-state index contributed by atoms with van der Waals surface area (Å²) in [4.78, 5) is 15.1. The number of hydrogen-bond acceptors (Lipinski definition) is 2. The number of hydrogen-bond donors (Lipinski definition) is 1. The van der Waals surface area contributed by atoms with Crippen LogP contribution in [-0.2, 0) is 6.54 Å². The SMILES string of the molecule is CCC(c1ccccc1)C1CCCN1C(=O)c1ccc(CN)cc1.Cl. The van der Waals surface area contributed by atoms with E-state index in [2.05, 4.69) is 36.1 Å². The summed E-state index contributed by atoms with van der Waals surface area (Å²) in [5.74, 6) is 0.552. The molecule has 1 aliphatic rings. The van der Waals surface area contributed by atoms with Gasteiger partial charge in [0.05, 0.1) is 0 Å². The smallest absolute Gasteiger partial charge is 0.254 e. The number of amides is 1. The third-order valence-corrected chi connectivity index (χ3v) is 5.13. The van der Waals surface area contributed by atoms with Crippen LogP contribution in [0.5, 0.6) is 0 Å². The van der Waals surface area contributed by atoms with Gasteiger partial charge >= 0.3 is 0 Å². The molecule has 1 saturated heterocycles. The predicted molar refractivity (Wildman–Crippen MR) is 105 cm³/mol. The lowest BCUT2D eigenvalue weighted by Crippen LogP contribution is -2.39. The Hall–Kier alpha value is -1.84. The standard InChI is InChI=1S/C21H26N2O.ClH/c1-2-19(17-7-4-3-5-8-17)20-9-6-14-23(20)21(24)18-12-10-16(15-22)11-13-18;/h3-5,7-8,10-13,19-20H,2,6,9,14-15,22H2,1H3;1H. The second-order valence-electron chi connectivity index (χ2n) is 6.53. The van der Waals surface area contributed by atoms with Crippen LogP contribution in [0.3, 0.4) is 0 Å². The van der Waals surface area contributed by atoms with Crippen LogP contribution in [0, 0.1) is 0 Å². The average Bonchev–Trinajstić information content (AvgIpc) is 3.12. The Labute approximate surface area is 156 Å². The molecule has 0 aliphatic carbocycles. The first-order valence-electron chi connectivity index (χ1n) is 8.89. The van der Waals surface area contributed by atoms with E-state index in [1.165, 1.54) is 5.56 Å². The zero-order valence-electron chi connectivity index (χ0n) is 14.7. The molecule has 1 heterocycles. The molecule has 0 bridgehead atoms. The van der Waals surface area contributed by atoms with E-state index >= 15 is 0 Å². The largest absolute Gasteiger partial charge is 0.335 e. The highest BCUT2D eigenvalue weighted by atomic mass is 35.5. The highest BCUT2D eigenvalue weighted by molar-refractivity contribution is 5.94. The van der Waals surface area contributed by atoms with Gasteiger partial charge in [-0.05, 0) is 42.5 Å². The molecular weight excluding hydrogens is 332 g/mol. The van der Waals surface area contributed by atoms with Crippen LogP contribution < -0.4 is 5.73 Å². The molecule has 2 unspecified atom stereocenters. The van der Waals surface area contributed by atoms with Crippen molar-refractivity contribution in [2.45, 2.75) is 44.7 Å². The molecule has 1 aliphatic heterocycles. The first-order chi connectivity index (χ1) is 11.7. The molecule has 3 rings (SSSR count). The second-order valence-corrected chi connectivity index (χ2v) is 6.53. The number of carbonyl (C=O) groups is 1. The van der Waals surface area contributed by atoms with Gasteiger partial charge in [0.1, 0.15) is 0 Å². The van der Waals surface area contributed by atoms with Crippen LogP contribution in [-0.4, -0.2) is 23.4 Å². The molecular formula is C21H27ClN2O. The molecule has 0 spiro atoms. The van der Waals surface area contributed by atoms with Crippen LogP contribution in [0.1, 0.15) is 53.6 Å². The first-order valence-corrected chi connectivity index (χ1v) is 8.89. The summed E-state index contributed by atoms with van der Waals surface area (Å²) in [5.41, 5.74) is 8.80. The van der Waals surface area contributed by atoms with Crippen molar-refractivity contribution in [1.82, 2.24) is 4.90 Å². The number of nitrogens with two attached hydrogens (primary N) is 1. The van der Waals surface area contributed by atoms with E-state index in [1.54, 1.807) is 0 Å². The van der Waals surface area contributed by atoms with E-state index in [9.17, 15) is 4.79 Å². The van der Waals surface area contributed by atoms with Crippen LogP contribution in [0.2, 0.25) is 0 Å².